The number of carbonyl (C=O) groups excluding carboxylic acids is 1. The van der Waals surface area contributed by atoms with Gasteiger partial charge in [-0.3, -0.25) is 4.79 Å². The Morgan fingerprint density at radius 2 is 2.05 bits per heavy atom. The average molecular weight is 291 g/mol. The van der Waals surface area contributed by atoms with Crippen molar-refractivity contribution >= 4 is 11.9 Å². The van der Waals surface area contributed by atoms with Crippen molar-refractivity contribution in [2.45, 2.75) is 45.3 Å². The molecule has 114 valence electrons. The molecule has 1 saturated heterocycles. The molecule has 5 heteroatoms. The zero-order valence-corrected chi connectivity index (χ0v) is 12.4. The van der Waals surface area contributed by atoms with Crippen LogP contribution in [0.4, 0.5) is 0 Å². The van der Waals surface area contributed by atoms with Crippen molar-refractivity contribution in [3.05, 3.63) is 34.9 Å². The van der Waals surface area contributed by atoms with Gasteiger partial charge in [-0.15, -0.1) is 0 Å². The summed E-state index contributed by atoms with van der Waals surface area (Å²) in [4.78, 5) is 23.3. The lowest BCUT2D eigenvalue weighted by molar-refractivity contribution is 0.000622. The van der Waals surface area contributed by atoms with Crippen LogP contribution in [0.3, 0.4) is 0 Å². The molecule has 2 rings (SSSR count). The minimum Gasteiger partial charge on any atom is -0.478 e. The smallest absolute Gasteiger partial charge is 0.335 e. The predicted octanol–water partition coefficient (Wildman–Crippen LogP) is 2.38. The van der Waals surface area contributed by atoms with Crippen LogP contribution in [0, 0.1) is 6.92 Å². The zero-order valence-electron chi connectivity index (χ0n) is 12.4. The molecule has 1 aromatic rings. The lowest BCUT2D eigenvalue weighted by Gasteiger charge is -2.29. The fourth-order valence-electron chi connectivity index (χ4n) is 2.60. The topological polar surface area (TPSA) is 75.6 Å². The number of hydrogen-bond donors (Lipinski definition) is 2. The molecule has 0 saturated carbocycles. The van der Waals surface area contributed by atoms with Crippen molar-refractivity contribution in [3.63, 3.8) is 0 Å². The van der Waals surface area contributed by atoms with Crippen LogP contribution in [-0.2, 0) is 4.74 Å². The second-order valence-corrected chi connectivity index (χ2v) is 5.49. The van der Waals surface area contributed by atoms with Gasteiger partial charge in [0.05, 0.1) is 11.7 Å². The van der Waals surface area contributed by atoms with Crippen molar-refractivity contribution in [1.29, 1.82) is 0 Å². The second-order valence-electron chi connectivity index (χ2n) is 5.49. The fourth-order valence-corrected chi connectivity index (χ4v) is 2.60. The minimum absolute atomic E-state index is 0.0880. The van der Waals surface area contributed by atoms with Crippen molar-refractivity contribution in [1.82, 2.24) is 5.32 Å². The summed E-state index contributed by atoms with van der Waals surface area (Å²) in [5.74, 6) is -1.24. The Hall–Kier alpha value is -1.88. The first kappa shape index (κ1) is 15.5. The van der Waals surface area contributed by atoms with Crippen molar-refractivity contribution in [3.8, 4) is 0 Å². The molecule has 1 aliphatic heterocycles. The van der Waals surface area contributed by atoms with E-state index in [9.17, 15) is 9.59 Å². The molecule has 1 fully saturated rings. The highest BCUT2D eigenvalue weighted by molar-refractivity contribution is 5.97. The molecule has 1 aliphatic rings. The van der Waals surface area contributed by atoms with E-state index >= 15 is 0 Å². The summed E-state index contributed by atoms with van der Waals surface area (Å²) in [6, 6.07) is 4.77. The molecule has 0 aromatic heterocycles. The highest BCUT2D eigenvalue weighted by Gasteiger charge is 2.23. The van der Waals surface area contributed by atoms with Gasteiger partial charge in [0.2, 0.25) is 0 Å². The summed E-state index contributed by atoms with van der Waals surface area (Å²) in [7, 11) is 0. The van der Waals surface area contributed by atoms with Crippen molar-refractivity contribution in [2.75, 3.05) is 6.61 Å². The number of carboxylic acids is 1. The molecule has 2 N–H and O–H groups in total. The van der Waals surface area contributed by atoms with Crippen LogP contribution in [0.5, 0.6) is 0 Å². The molecule has 2 atom stereocenters. The normalized spacial score (nSPS) is 21.8. The molecule has 0 radical (unpaired) electrons. The van der Waals surface area contributed by atoms with Gasteiger partial charge in [-0.25, -0.2) is 4.79 Å². The first-order valence-corrected chi connectivity index (χ1v) is 7.27. The van der Waals surface area contributed by atoms with Gasteiger partial charge in [0.25, 0.3) is 5.91 Å². The fraction of sp³-hybridized carbons (Fsp3) is 0.500. The molecule has 1 amide bonds. The Kier molecular flexibility index (Phi) is 4.96. The molecule has 1 heterocycles. The van der Waals surface area contributed by atoms with E-state index in [4.69, 9.17) is 9.84 Å². The van der Waals surface area contributed by atoms with Gasteiger partial charge in [-0.2, -0.15) is 0 Å². The predicted molar refractivity (Wildman–Crippen MR) is 78.7 cm³/mol. The Morgan fingerprint density at radius 3 is 2.71 bits per heavy atom. The number of aryl methyl sites for hydroxylation is 1. The number of rotatable bonds is 4. The van der Waals surface area contributed by atoms with E-state index in [1.165, 1.54) is 6.07 Å². The molecule has 5 nitrogen and oxygen atoms in total. The van der Waals surface area contributed by atoms with Crippen LogP contribution in [0.1, 0.15) is 52.5 Å². The summed E-state index contributed by atoms with van der Waals surface area (Å²) >= 11 is 0. The van der Waals surface area contributed by atoms with Gasteiger partial charge in [-0.05, 0) is 49.9 Å². The van der Waals surface area contributed by atoms with Gasteiger partial charge >= 0.3 is 5.97 Å². The minimum atomic E-state index is -1.02. The van der Waals surface area contributed by atoms with Crippen LogP contribution < -0.4 is 5.32 Å². The van der Waals surface area contributed by atoms with E-state index in [2.05, 4.69) is 12.2 Å². The van der Waals surface area contributed by atoms with E-state index in [0.717, 1.165) is 24.8 Å². The summed E-state index contributed by atoms with van der Waals surface area (Å²) in [6.45, 7) is 4.50. The Morgan fingerprint density at radius 1 is 1.33 bits per heavy atom. The highest BCUT2D eigenvalue weighted by Crippen LogP contribution is 2.17. The van der Waals surface area contributed by atoms with Crippen LogP contribution in [0.25, 0.3) is 0 Å². The third kappa shape index (κ3) is 4.04. The average Bonchev–Trinajstić information content (AvgIpc) is 2.46. The maximum Gasteiger partial charge on any atom is 0.335 e. The zero-order chi connectivity index (χ0) is 15.4. The molecule has 2 unspecified atom stereocenters. The van der Waals surface area contributed by atoms with Gasteiger partial charge in [-0.1, -0.05) is 6.92 Å². The summed E-state index contributed by atoms with van der Waals surface area (Å²) < 4.78 is 5.59. The number of carbonyl (C=O) groups is 2. The van der Waals surface area contributed by atoms with Crippen LogP contribution >= 0.6 is 0 Å². The van der Waals surface area contributed by atoms with Crippen LogP contribution in [-0.4, -0.2) is 35.7 Å². The van der Waals surface area contributed by atoms with Gasteiger partial charge in [0, 0.05) is 18.2 Å². The molecule has 1 aromatic carbocycles. The molecular formula is C16H21NO4. The maximum absolute atomic E-state index is 12.3. The molecule has 0 bridgehead atoms. The number of aromatic carboxylic acids is 1. The number of hydrogen-bond acceptors (Lipinski definition) is 3. The molecule has 0 spiro atoms. The largest absolute Gasteiger partial charge is 0.478 e. The van der Waals surface area contributed by atoms with Gasteiger partial charge in [0.15, 0.2) is 0 Å². The molecular weight excluding hydrogens is 270 g/mol. The van der Waals surface area contributed by atoms with E-state index in [1.807, 2.05) is 0 Å². The first-order chi connectivity index (χ1) is 9.99. The lowest BCUT2D eigenvalue weighted by atomic mass is 10.0. The van der Waals surface area contributed by atoms with E-state index in [-0.39, 0.29) is 23.6 Å². The van der Waals surface area contributed by atoms with Gasteiger partial charge < -0.3 is 15.2 Å². The maximum atomic E-state index is 12.3. The number of amides is 1. The van der Waals surface area contributed by atoms with Crippen LogP contribution in [0.15, 0.2) is 18.2 Å². The SMILES string of the molecule is CCC1CC(NC(=O)c2cc(C)cc(C(=O)O)c2)CCO1. The Bertz CT molecular complexity index is 541. The van der Waals surface area contributed by atoms with Gasteiger partial charge in [0.1, 0.15) is 0 Å². The van der Waals surface area contributed by atoms with Crippen LogP contribution in [0.2, 0.25) is 0 Å². The first-order valence-electron chi connectivity index (χ1n) is 7.27. The number of carboxylic acid groups (broad SMARTS) is 1. The van der Waals surface area contributed by atoms with Crippen molar-refractivity contribution < 1.29 is 19.4 Å². The molecule has 0 aliphatic carbocycles. The summed E-state index contributed by atoms with van der Waals surface area (Å²) in [5, 5.41) is 12.0. The van der Waals surface area contributed by atoms with Crippen molar-refractivity contribution in [2.24, 2.45) is 0 Å². The summed E-state index contributed by atoms with van der Waals surface area (Å²) in [6.07, 6.45) is 2.72. The van der Waals surface area contributed by atoms with E-state index in [1.54, 1.807) is 19.1 Å². The van der Waals surface area contributed by atoms with E-state index in [0.29, 0.717) is 12.2 Å². The quantitative estimate of drug-likeness (QED) is 0.893. The molecule has 21 heavy (non-hydrogen) atoms. The number of benzene rings is 1. The standard InChI is InChI=1S/C16H21NO4/c1-3-14-9-13(4-5-21-14)17-15(18)11-6-10(2)7-12(8-11)16(19)20/h6-8,13-14H,3-5,9H2,1-2H3,(H,17,18)(H,19,20). The lowest BCUT2D eigenvalue weighted by Crippen LogP contribution is -2.41. The summed E-state index contributed by atoms with van der Waals surface area (Å²) in [5.41, 5.74) is 1.30. The number of nitrogens with one attached hydrogen (secondary N) is 1. The third-order valence-electron chi connectivity index (χ3n) is 3.74. The Labute approximate surface area is 124 Å². The number of ether oxygens (including phenoxy) is 1. The van der Waals surface area contributed by atoms with E-state index < -0.39 is 5.97 Å². The Balaban J connectivity index is 2.08. The highest BCUT2D eigenvalue weighted by atomic mass is 16.5. The monoisotopic (exact) mass is 291 g/mol. The second kappa shape index (κ2) is 6.72. The third-order valence-corrected chi connectivity index (χ3v) is 3.74.